The summed E-state index contributed by atoms with van der Waals surface area (Å²) in [6, 6.07) is 9.83. The summed E-state index contributed by atoms with van der Waals surface area (Å²) in [6.45, 7) is 3.28. The SMILES string of the molecule is Cc1ccc([C@H]2[C@H]3C[NH+](C)CC=C3[C@H](C#N)C(=N)C2(C#N)C#N)o1. The number of aryl methyl sites for hydroxylation is 1. The Bertz CT molecular complexity index is 830. The molecule has 1 aromatic rings. The van der Waals surface area contributed by atoms with Gasteiger partial charge >= 0.3 is 0 Å². The van der Waals surface area contributed by atoms with Gasteiger partial charge < -0.3 is 14.7 Å². The van der Waals surface area contributed by atoms with E-state index in [-0.39, 0.29) is 11.6 Å². The van der Waals surface area contributed by atoms with E-state index in [0.29, 0.717) is 18.1 Å². The molecule has 6 heteroatoms. The Morgan fingerprint density at radius 2 is 2.00 bits per heavy atom. The zero-order chi connectivity index (χ0) is 17.5. The maximum atomic E-state index is 9.83. The van der Waals surface area contributed by atoms with Crippen LogP contribution in [0, 0.1) is 63.6 Å². The molecule has 4 atom stereocenters. The molecular formula is C18H18N5O+. The first-order valence-electron chi connectivity index (χ1n) is 7.87. The number of hydrogen-bond donors (Lipinski definition) is 2. The molecule has 0 radical (unpaired) electrons. The lowest BCUT2D eigenvalue weighted by molar-refractivity contribution is -0.879. The summed E-state index contributed by atoms with van der Waals surface area (Å²) in [5.74, 6) is -0.301. The predicted octanol–water partition coefficient (Wildman–Crippen LogP) is 0.949. The van der Waals surface area contributed by atoms with Crippen LogP contribution in [-0.4, -0.2) is 25.8 Å². The van der Waals surface area contributed by atoms with Gasteiger partial charge in [0.05, 0.1) is 50.0 Å². The molecule has 6 nitrogen and oxygen atoms in total. The van der Waals surface area contributed by atoms with Crippen molar-refractivity contribution >= 4 is 5.71 Å². The maximum Gasteiger partial charge on any atom is 0.192 e. The van der Waals surface area contributed by atoms with Crippen LogP contribution < -0.4 is 4.90 Å². The molecule has 2 N–H and O–H groups in total. The minimum absolute atomic E-state index is 0.129. The summed E-state index contributed by atoms with van der Waals surface area (Å²) in [6.07, 6.45) is 1.99. The number of quaternary nitrogens is 1. The molecule has 0 saturated heterocycles. The summed E-state index contributed by atoms with van der Waals surface area (Å²) in [7, 11) is 2.04. The smallest absolute Gasteiger partial charge is 0.192 e. The maximum absolute atomic E-state index is 9.83. The minimum atomic E-state index is -1.68. The van der Waals surface area contributed by atoms with Crippen molar-refractivity contribution in [3.63, 3.8) is 0 Å². The third kappa shape index (κ3) is 2.07. The third-order valence-electron chi connectivity index (χ3n) is 5.15. The van der Waals surface area contributed by atoms with Gasteiger partial charge in [-0.15, -0.1) is 0 Å². The third-order valence-corrected chi connectivity index (χ3v) is 5.15. The van der Waals surface area contributed by atoms with Crippen LogP contribution in [0.25, 0.3) is 0 Å². The molecule has 2 aliphatic rings. The second-order valence-electron chi connectivity index (χ2n) is 6.61. The van der Waals surface area contributed by atoms with Crippen molar-refractivity contribution < 1.29 is 9.32 Å². The molecule has 0 spiro atoms. The predicted molar refractivity (Wildman–Crippen MR) is 84.9 cm³/mol. The summed E-state index contributed by atoms with van der Waals surface area (Å²) in [5, 5.41) is 37.7. The monoisotopic (exact) mass is 320 g/mol. The average Bonchev–Trinajstić information content (AvgIpc) is 3.00. The van der Waals surface area contributed by atoms with Crippen molar-refractivity contribution in [1.29, 1.82) is 21.2 Å². The average molecular weight is 320 g/mol. The van der Waals surface area contributed by atoms with E-state index < -0.39 is 17.3 Å². The quantitative estimate of drug-likeness (QED) is 0.750. The lowest BCUT2D eigenvalue weighted by Crippen LogP contribution is -3.10. The van der Waals surface area contributed by atoms with Crippen molar-refractivity contribution in [1.82, 2.24) is 0 Å². The van der Waals surface area contributed by atoms with Gasteiger partial charge in [0.2, 0.25) is 0 Å². The first kappa shape index (κ1) is 16.0. The summed E-state index contributed by atoms with van der Waals surface area (Å²) in [4.78, 5) is 1.24. The van der Waals surface area contributed by atoms with Crippen LogP contribution in [0.2, 0.25) is 0 Å². The topological polar surface area (TPSA) is 113 Å². The number of nitrogens with zero attached hydrogens (tertiary/aromatic N) is 3. The Morgan fingerprint density at radius 1 is 1.29 bits per heavy atom. The van der Waals surface area contributed by atoms with E-state index in [1.165, 1.54) is 4.90 Å². The van der Waals surface area contributed by atoms with Gasteiger partial charge in [-0.25, -0.2) is 0 Å². The zero-order valence-electron chi connectivity index (χ0n) is 13.6. The largest absolute Gasteiger partial charge is 0.466 e. The second-order valence-corrected chi connectivity index (χ2v) is 6.61. The molecule has 3 rings (SSSR count). The van der Waals surface area contributed by atoms with Gasteiger partial charge in [-0.1, -0.05) is 0 Å². The number of likely N-dealkylation sites (N-methyl/N-ethyl adjacent to an activating group) is 1. The Balaban J connectivity index is 2.26. The van der Waals surface area contributed by atoms with Gasteiger partial charge in [-0.3, -0.25) is 0 Å². The molecule has 1 fully saturated rings. The van der Waals surface area contributed by atoms with E-state index in [0.717, 1.165) is 12.1 Å². The fraction of sp³-hybridized carbons (Fsp3) is 0.444. The molecule has 1 aliphatic heterocycles. The van der Waals surface area contributed by atoms with Gasteiger partial charge in [0.1, 0.15) is 17.4 Å². The summed E-state index contributed by atoms with van der Waals surface area (Å²) >= 11 is 0. The van der Waals surface area contributed by atoms with Crippen LogP contribution >= 0.6 is 0 Å². The number of hydrogen-bond acceptors (Lipinski definition) is 5. The summed E-state index contributed by atoms with van der Waals surface area (Å²) < 4.78 is 5.77. The van der Waals surface area contributed by atoms with Crippen molar-refractivity contribution in [3.05, 3.63) is 35.3 Å². The number of rotatable bonds is 1. The van der Waals surface area contributed by atoms with E-state index in [9.17, 15) is 15.8 Å². The summed E-state index contributed by atoms with van der Waals surface area (Å²) in [5.41, 5.74) is -0.950. The molecule has 1 unspecified atom stereocenters. The Kier molecular flexibility index (Phi) is 3.76. The van der Waals surface area contributed by atoms with Gasteiger partial charge in [0, 0.05) is 5.92 Å². The van der Waals surface area contributed by atoms with Gasteiger partial charge in [-0.05, 0) is 30.7 Å². The molecule has 1 aromatic heterocycles. The minimum Gasteiger partial charge on any atom is -0.466 e. The van der Waals surface area contributed by atoms with E-state index in [1.54, 1.807) is 12.1 Å². The van der Waals surface area contributed by atoms with Crippen LogP contribution in [-0.2, 0) is 0 Å². The van der Waals surface area contributed by atoms with Gasteiger partial charge in [0.15, 0.2) is 5.41 Å². The van der Waals surface area contributed by atoms with Crippen LogP contribution in [0.4, 0.5) is 0 Å². The van der Waals surface area contributed by atoms with Crippen LogP contribution in [0.5, 0.6) is 0 Å². The lowest BCUT2D eigenvalue weighted by Gasteiger charge is -2.44. The molecule has 120 valence electrons. The van der Waals surface area contributed by atoms with E-state index in [1.807, 2.05) is 20.0 Å². The molecule has 2 heterocycles. The van der Waals surface area contributed by atoms with Crippen molar-refractivity contribution in [2.45, 2.75) is 12.8 Å². The molecule has 1 aliphatic carbocycles. The second kappa shape index (κ2) is 5.64. The van der Waals surface area contributed by atoms with Crippen molar-refractivity contribution in [2.75, 3.05) is 20.1 Å². The Morgan fingerprint density at radius 3 is 2.54 bits per heavy atom. The Hall–Kier alpha value is -2.88. The van der Waals surface area contributed by atoms with E-state index >= 15 is 0 Å². The van der Waals surface area contributed by atoms with Crippen molar-refractivity contribution in [2.24, 2.45) is 17.3 Å². The molecule has 0 bridgehead atoms. The number of nitrogens with one attached hydrogen (secondary N) is 2. The first-order valence-corrected chi connectivity index (χ1v) is 7.87. The molecule has 24 heavy (non-hydrogen) atoms. The molecular weight excluding hydrogens is 302 g/mol. The van der Waals surface area contributed by atoms with Crippen molar-refractivity contribution in [3.8, 4) is 18.2 Å². The van der Waals surface area contributed by atoms with E-state index in [4.69, 9.17) is 9.83 Å². The van der Waals surface area contributed by atoms with E-state index in [2.05, 4.69) is 18.2 Å². The first-order chi connectivity index (χ1) is 11.5. The lowest BCUT2D eigenvalue weighted by atomic mass is 9.55. The van der Waals surface area contributed by atoms with Crippen LogP contribution in [0.15, 0.2) is 28.2 Å². The molecule has 1 saturated carbocycles. The number of nitriles is 3. The highest BCUT2D eigenvalue weighted by Crippen LogP contribution is 2.52. The highest BCUT2D eigenvalue weighted by atomic mass is 16.3. The highest BCUT2D eigenvalue weighted by molar-refractivity contribution is 6.00. The standard InChI is InChI=1S/C18H17N5O/c1-11-3-4-15(24-11)16-14-8-23(2)6-5-12(14)13(7-19)17(22)18(16,9-20)10-21/h3-5,13-14,16,22H,6,8H2,1-2H3/p+1/t13-,14-,16+/m0/s1. The van der Waals surface area contributed by atoms with Gasteiger partial charge in [0.25, 0.3) is 0 Å². The zero-order valence-corrected chi connectivity index (χ0v) is 13.6. The van der Waals surface area contributed by atoms with Crippen LogP contribution in [0.1, 0.15) is 17.4 Å². The number of fused-ring (bicyclic) bond motifs is 1. The van der Waals surface area contributed by atoms with Gasteiger partial charge in [-0.2, -0.15) is 15.8 Å². The van der Waals surface area contributed by atoms with Crippen LogP contribution in [0.3, 0.4) is 0 Å². The normalized spacial score (nSPS) is 31.1. The Labute approximate surface area is 140 Å². The number of furan rings is 1. The highest BCUT2D eigenvalue weighted by Gasteiger charge is 2.59. The fourth-order valence-electron chi connectivity index (χ4n) is 3.98. The molecule has 0 aromatic carbocycles. The fourth-order valence-corrected chi connectivity index (χ4v) is 3.98. The molecule has 0 amide bonds.